The van der Waals surface area contributed by atoms with Gasteiger partial charge < -0.3 is 0 Å². The van der Waals surface area contributed by atoms with Gasteiger partial charge in [0.25, 0.3) is 0 Å². The molecule has 1 atom stereocenters. The Morgan fingerprint density at radius 1 is 1.43 bits per heavy atom. The van der Waals surface area contributed by atoms with E-state index in [2.05, 4.69) is 28.0 Å². The minimum Gasteiger partial charge on any atom is -0.273 e. The molecule has 2 N–H and O–H groups in total. The number of nitrogens with one attached hydrogen (secondary N) is 2. The van der Waals surface area contributed by atoms with Crippen LogP contribution in [0.25, 0.3) is 0 Å². The molecule has 1 aromatic carbocycles. The molecule has 0 aliphatic carbocycles. The summed E-state index contributed by atoms with van der Waals surface area (Å²) in [5.41, 5.74) is 7.55. The van der Waals surface area contributed by atoms with Crippen molar-refractivity contribution in [3.05, 3.63) is 35.4 Å². The van der Waals surface area contributed by atoms with Crippen LogP contribution in [0, 0.1) is 5.92 Å². The first-order valence-corrected chi connectivity index (χ1v) is 6.85. The van der Waals surface area contributed by atoms with Crippen LogP contribution >= 0.6 is 0 Å². The first kappa shape index (κ1) is 14.9. The zero-order valence-electron chi connectivity index (χ0n) is 12.1. The van der Waals surface area contributed by atoms with Gasteiger partial charge in [0.05, 0.1) is 12.1 Å². The number of hydrogen-bond acceptors (Lipinski definition) is 4. The number of carbonyl (C=O) groups is 2. The fourth-order valence-electron chi connectivity index (χ4n) is 1.98. The number of aryl methyl sites for hydroxylation is 1. The molecule has 0 bridgehead atoms. The molecule has 2 rings (SSSR count). The second-order valence-corrected chi connectivity index (χ2v) is 4.87. The summed E-state index contributed by atoms with van der Waals surface area (Å²) in [5, 5.41) is 7.69. The van der Waals surface area contributed by atoms with E-state index in [1.165, 1.54) is 5.56 Å². The van der Waals surface area contributed by atoms with Crippen LogP contribution in [-0.2, 0) is 16.0 Å². The molecule has 0 fully saturated rings. The van der Waals surface area contributed by atoms with Crippen molar-refractivity contribution in [3.63, 3.8) is 0 Å². The molecule has 1 heterocycles. The molecule has 0 unspecified atom stereocenters. The van der Waals surface area contributed by atoms with Gasteiger partial charge >= 0.3 is 0 Å². The van der Waals surface area contributed by atoms with Crippen molar-refractivity contribution in [2.75, 3.05) is 0 Å². The lowest BCUT2D eigenvalue weighted by atomic mass is 10.0. The van der Waals surface area contributed by atoms with Gasteiger partial charge in [-0.15, -0.1) is 0 Å². The lowest BCUT2D eigenvalue weighted by Gasteiger charge is -2.05. The molecule has 6 nitrogen and oxygen atoms in total. The molecule has 0 saturated carbocycles. The molecule has 110 valence electrons. The Hall–Kier alpha value is -2.50. The van der Waals surface area contributed by atoms with E-state index in [1.54, 1.807) is 13.1 Å². The average Bonchev–Trinajstić information content (AvgIpc) is 2.80. The van der Waals surface area contributed by atoms with Crippen molar-refractivity contribution in [1.29, 1.82) is 0 Å². The van der Waals surface area contributed by atoms with E-state index in [-0.39, 0.29) is 18.2 Å². The Labute approximate surface area is 123 Å². The van der Waals surface area contributed by atoms with Gasteiger partial charge in [-0.05, 0) is 24.5 Å². The fourth-order valence-corrected chi connectivity index (χ4v) is 1.98. The van der Waals surface area contributed by atoms with E-state index in [1.807, 2.05) is 24.3 Å². The van der Waals surface area contributed by atoms with E-state index < -0.39 is 5.92 Å². The van der Waals surface area contributed by atoms with Crippen LogP contribution in [0.15, 0.2) is 34.5 Å². The number of rotatable bonds is 5. The van der Waals surface area contributed by atoms with E-state index in [0.717, 1.165) is 12.0 Å². The normalized spacial score (nSPS) is 17.7. The van der Waals surface area contributed by atoms with Crippen molar-refractivity contribution >= 4 is 23.7 Å². The van der Waals surface area contributed by atoms with Gasteiger partial charge in [-0.3, -0.25) is 9.59 Å². The van der Waals surface area contributed by atoms with Crippen LogP contribution in [-0.4, -0.2) is 23.7 Å². The van der Waals surface area contributed by atoms with Crippen LogP contribution in [0.3, 0.4) is 0 Å². The van der Waals surface area contributed by atoms with E-state index in [4.69, 9.17) is 0 Å². The maximum atomic E-state index is 11.7. The largest absolute Gasteiger partial charge is 0.273 e. The van der Waals surface area contributed by atoms with Crippen molar-refractivity contribution in [3.8, 4) is 0 Å². The van der Waals surface area contributed by atoms with Gasteiger partial charge in [0.2, 0.25) is 11.8 Å². The monoisotopic (exact) mass is 286 g/mol. The third kappa shape index (κ3) is 3.98. The van der Waals surface area contributed by atoms with Gasteiger partial charge in [0, 0.05) is 12.1 Å². The highest BCUT2D eigenvalue weighted by atomic mass is 16.2. The molecule has 0 saturated heterocycles. The molecule has 6 heteroatoms. The van der Waals surface area contributed by atoms with Gasteiger partial charge in [-0.25, -0.2) is 10.9 Å². The van der Waals surface area contributed by atoms with Crippen molar-refractivity contribution < 1.29 is 9.59 Å². The molecule has 0 aromatic heterocycles. The summed E-state index contributed by atoms with van der Waals surface area (Å²) in [6.07, 6.45) is 2.61. The Morgan fingerprint density at radius 3 is 2.71 bits per heavy atom. The predicted molar refractivity (Wildman–Crippen MR) is 80.9 cm³/mol. The molecular formula is C15H18N4O2. The summed E-state index contributed by atoms with van der Waals surface area (Å²) >= 11 is 0. The highest BCUT2D eigenvalue weighted by Gasteiger charge is 2.28. The maximum absolute atomic E-state index is 11.7. The lowest BCUT2D eigenvalue weighted by Crippen LogP contribution is -2.29. The zero-order valence-corrected chi connectivity index (χ0v) is 12.1. The Balaban J connectivity index is 1.84. The van der Waals surface area contributed by atoms with Crippen LogP contribution < -0.4 is 10.9 Å². The second kappa shape index (κ2) is 6.78. The number of benzene rings is 1. The molecule has 1 aliphatic rings. The van der Waals surface area contributed by atoms with Gasteiger partial charge in [-0.1, -0.05) is 31.2 Å². The minimum atomic E-state index is -0.496. The molecular weight excluding hydrogens is 268 g/mol. The summed E-state index contributed by atoms with van der Waals surface area (Å²) in [6.45, 7) is 3.81. The van der Waals surface area contributed by atoms with Crippen molar-refractivity contribution in [1.82, 2.24) is 10.9 Å². The Kier molecular flexibility index (Phi) is 4.81. The predicted octanol–water partition coefficient (Wildman–Crippen LogP) is 1.21. The van der Waals surface area contributed by atoms with Crippen LogP contribution in [0.2, 0.25) is 0 Å². The van der Waals surface area contributed by atoms with Crippen LogP contribution in [0.5, 0.6) is 0 Å². The van der Waals surface area contributed by atoms with Crippen LogP contribution in [0.1, 0.15) is 31.4 Å². The third-order valence-corrected chi connectivity index (χ3v) is 3.34. The van der Waals surface area contributed by atoms with E-state index in [9.17, 15) is 9.59 Å². The summed E-state index contributed by atoms with van der Waals surface area (Å²) in [4.78, 5) is 23.2. The quantitative estimate of drug-likeness (QED) is 0.630. The van der Waals surface area contributed by atoms with Gasteiger partial charge in [-0.2, -0.15) is 10.2 Å². The summed E-state index contributed by atoms with van der Waals surface area (Å²) in [6, 6.07) is 7.92. The molecule has 0 spiro atoms. The van der Waals surface area contributed by atoms with Crippen LogP contribution in [0.4, 0.5) is 0 Å². The highest BCUT2D eigenvalue weighted by Crippen LogP contribution is 2.11. The Bertz CT molecular complexity index is 590. The number of carbonyl (C=O) groups excluding carboxylic acids is 2. The van der Waals surface area contributed by atoms with E-state index in [0.29, 0.717) is 5.71 Å². The smallest absolute Gasteiger partial charge is 0.249 e. The lowest BCUT2D eigenvalue weighted by molar-refractivity contribution is -0.127. The van der Waals surface area contributed by atoms with E-state index >= 15 is 0 Å². The maximum Gasteiger partial charge on any atom is 0.249 e. The number of hydrazone groups is 2. The zero-order chi connectivity index (χ0) is 15.2. The SMILES string of the molecule is CCc1ccc(/C=N\NC(=O)C[C@H]2C(=O)NN=C2C)cc1. The number of amides is 2. The molecule has 21 heavy (non-hydrogen) atoms. The average molecular weight is 286 g/mol. The molecule has 1 aromatic rings. The van der Waals surface area contributed by atoms with Crippen molar-refractivity contribution in [2.45, 2.75) is 26.7 Å². The van der Waals surface area contributed by atoms with Gasteiger partial charge in [0.1, 0.15) is 0 Å². The minimum absolute atomic E-state index is 0.0489. The number of nitrogens with zero attached hydrogens (tertiary/aromatic N) is 2. The summed E-state index contributed by atoms with van der Waals surface area (Å²) in [5.74, 6) is -1.06. The van der Waals surface area contributed by atoms with Gasteiger partial charge in [0.15, 0.2) is 0 Å². The summed E-state index contributed by atoms with van der Waals surface area (Å²) in [7, 11) is 0. The molecule has 1 aliphatic heterocycles. The second-order valence-electron chi connectivity index (χ2n) is 4.87. The highest BCUT2D eigenvalue weighted by molar-refractivity contribution is 6.09. The topological polar surface area (TPSA) is 82.9 Å². The molecule has 2 amide bonds. The first-order chi connectivity index (χ1) is 10.1. The standard InChI is InChI=1S/C15H18N4O2/c1-3-11-4-6-12(7-5-11)9-16-18-14(20)8-13-10(2)17-19-15(13)21/h4-7,9,13H,3,8H2,1-2H3,(H,18,20)(H,19,21)/b16-9-/t13-/m1/s1. The molecule has 0 radical (unpaired) electrons. The third-order valence-electron chi connectivity index (χ3n) is 3.34. The summed E-state index contributed by atoms with van der Waals surface area (Å²) < 4.78 is 0. The fraction of sp³-hybridized carbons (Fsp3) is 0.333. The number of hydrogen-bond donors (Lipinski definition) is 2. The first-order valence-electron chi connectivity index (χ1n) is 6.85. The van der Waals surface area contributed by atoms with Crippen molar-refractivity contribution in [2.24, 2.45) is 16.1 Å². The Morgan fingerprint density at radius 2 is 2.14 bits per heavy atom.